The van der Waals surface area contributed by atoms with E-state index in [2.05, 4.69) is 0 Å². The average molecular weight is 933 g/mol. The number of Topliss-reactive ketones (excluding diaryl/α,β-unsaturated/α-hetero) is 1. The summed E-state index contributed by atoms with van der Waals surface area (Å²) < 4.78 is 86.4. The monoisotopic (exact) mass is 932 g/mol. The maximum absolute atomic E-state index is 14.2. The third-order valence-electron chi connectivity index (χ3n) is 15.2. The first kappa shape index (κ1) is 45.8. The number of aryl methyl sites for hydroxylation is 1. The summed E-state index contributed by atoms with van der Waals surface area (Å²) in [6.45, 7) is 11.2. The highest BCUT2D eigenvalue weighted by atomic mass is 16.9. The molecule has 0 aromatic heterocycles. The van der Waals surface area contributed by atoms with E-state index in [0.717, 1.165) is 0 Å². The summed E-state index contributed by atoms with van der Waals surface area (Å²) in [5.41, 5.74) is -4.83. The van der Waals surface area contributed by atoms with Crippen molar-refractivity contribution in [1.29, 1.82) is 0 Å². The number of fused-ring (bicyclic) bond motifs is 3. The Labute approximate surface area is 378 Å². The summed E-state index contributed by atoms with van der Waals surface area (Å²) in [4.78, 5) is 38.4. The first-order valence-corrected chi connectivity index (χ1v) is 22.1. The lowest BCUT2D eigenvalue weighted by Crippen LogP contribution is -2.69. The molecule has 8 aliphatic rings. The largest absolute Gasteiger partial charge is 0.509 e. The number of aliphatic hydroxyl groups excluding tert-OH is 2. The molecule has 362 valence electrons. The van der Waals surface area contributed by atoms with Gasteiger partial charge in [0.1, 0.15) is 53.4 Å². The van der Waals surface area contributed by atoms with Crippen molar-refractivity contribution in [3.8, 4) is 17.2 Å². The lowest BCUT2D eigenvalue weighted by atomic mass is 9.81. The molecule has 6 saturated heterocycles. The van der Waals surface area contributed by atoms with E-state index in [1.54, 1.807) is 33.8 Å². The van der Waals surface area contributed by atoms with Crippen LogP contribution in [0.3, 0.4) is 0 Å². The molecule has 1 saturated carbocycles. The summed E-state index contributed by atoms with van der Waals surface area (Å²) in [7, 11) is 4.29. The molecule has 6 heterocycles. The number of cyclic esters (lactones) is 1. The second-order valence-corrected chi connectivity index (χ2v) is 19.0. The molecule has 16 atom stereocenters. The van der Waals surface area contributed by atoms with Gasteiger partial charge in [0.05, 0.1) is 36.9 Å². The van der Waals surface area contributed by atoms with Crippen LogP contribution in [0.4, 0.5) is 4.79 Å². The van der Waals surface area contributed by atoms with Crippen LogP contribution in [-0.2, 0) is 61.6 Å². The van der Waals surface area contributed by atoms with Crippen molar-refractivity contribution >= 4 is 28.7 Å². The maximum atomic E-state index is 14.2. The SMILES string of the molecule is COc1c2c(c(O)c3c(O[C@]4(OC5CC(O)C6(OC(=O)O[C@@H]6C)C(C)O5)[C@@H]5CC6(OC6(C(OC)OC)O5)[C@]45CO5)c(C)c(C)cc13)C(=O)[C@@H](O)C[C@@H]2OC1CC(C)(O)C(OC(C)=O)C(C)O1. The van der Waals surface area contributed by atoms with Gasteiger partial charge in [-0.05, 0) is 58.7 Å². The molecule has 0 amide bonds. The molecule has 7 fully saturated rings. The van der Waals surface area contributed by atoms with Gasteiger partial charge in [-0.3, -0.25) is 9.59 Å². The lowest BCUT2D eigenvalue weighted by molar-refractivity contribution is -0.380. The summed E-state index contributed by atoms with van der Waals surface area (Å²) in [5.74, 6) is -5.24. The van der Waals surface area contributed by atoms with E-state index in [1.165, 1.54) is 35.2 Å². The molecule has 6 aliphatic heterocycles. The molecule has 21 nitrogen and oxygen atoms in total. The summed E-state index contributed by atoms with van der Waals surface area (Å²) in [5, 5.41) is 47.3. The minimum absolute atomic E-state index is 0.0130. The molecule has 0 radical (unpaired) electrons. The molecule has 2 bridgehead atoms. The van der Waals surface area contributed by atoms with E-state index in [1.807, 2.05) is 6.92 Å². The van der Waals surface area contributed by atoms with Crippen LogP contribution in [-0.4, -0.2) is 162 Å². The number of benzene rings is 2. The molecular formula is C45H56O21. The Bertz CT molecular complexity index is 2370. The molecule has 21 heteroatoms. The number of hydrogen-bond donors (Lipinski definition) is 4. The number of aliphatic hydroxyl groups is 3. The zero-order chi connectivity index (χ0) is 47.4. The van der Waals surface area contributed by atoms with Crippen molar-refractivity contribution in [3.05, 3.63) is 28.3 Å². The van der Waals surface area contributed by atoms with Crippen LogP contribution < -0.4 is 9.47 Å². The number of rotatable bonds is 11. The standard InChI is InChI=1S/C45H56O21/c1-17-11-23-30(34(50)32-31(36(23)53-8)25(12-24(47)33(32)49)61-29-15-40(7,52)37(19(3)57-29)60-22(6)46)35(18(17)2)64-44(63-28-13-26(48)43(20(4)58-28)21(5)59-39(51)65-43)27-14-41(42(44)16-56-42)45(62-27,66-41)38(54-9)55-10/h11,19-21,24-29,37-38,47-48,50,52H,12-16H2,1-10H3/t19?,20?,21-,24+,25+,26?,27+,28?,29?,37?,40?,41?,42-,43?,44-,45?/m1/s1. The smallest absolute Gasteiger partial charge is 0.506 e. The van der Waals surface area contributed by atoms with Gasteiger partial charge in [0, 0.05) is 57.8 Å². The Balaban J connectivity index is 1.08. The summed E-state index contributed by atoms with van der Waals surface area (Å²) in [6.07, 6.45) is -13.6. The third-order valence-corrected chi connectivity index (χ3v) is 15.2. The first-order valence-electron chi connectivity index (χ1n) is 22.1. The van der Waals surface area contributed by atoms with Crippen LogP contribution >= 0.6 is 0 Å². The second-order valence-electron chi connectivity index (χ2n) is 19.0. The minimum Gasteiger partial charge on any atom is -0.506 e. The molecule has 2 aliphatic carbocycles. The van der Waals surface area contributed by atoms with E-state index in [-0.39, 0.29) is 60.3 Å². The number of phenols is 1. The van der Waals surface area contributed by atoms with Crippen LogP contribution in [0.25, 0.3) is 10.8 Å². The van der Waals surface area contributed by atoms with Crippen LogP contribution in [0.1, 0.15) is 93.5 Å². The number of epoxide rings is 2. The number of esters is 1. The van der Waals surface area contributed by atoms with Crippen LogP contribution in [0.5, 0.6) is 17.2 Å². The predicted octanol–water partition coefficient (Wildman–Crippen LogP) is 2.53. The molecule has 4 N–H and O–H groups in total. The van der Waals surface area contributed by atoms with E-state index >= 15 is 0 Å². The summed E-state index contributed by atoms with van der Waals surface area (Å²) >= 11 is 0. The quantitative estimate of drug-likeness (QED) is 0.143. The van der Waals surface area contributed by atoms with Crippen LogP contribution in [0.2, 0.25) is 0 Å². The van der Waals surface area contributed by atoms with Crippen LogP contribution in [0.15, 0.2) is 6.07 Å². The van der Waals surface area contributed by atoms with E-state index in [9.17, 15) is 34.8 Å². The first-order chi connectivity index (χ1) is 31.1. The van der Waals surface area contributed by atoms with Gasteiger partial charge in [-0.15, -0.1) is 0 Å². The predicted molar refractivity (Wildman–Crippen MR) is 217 cm³/mol. The lowest BCUT2D eigenvalue weighted by Gasteiger charge is -2.49. The molecule has 2 aromatic carbocycles. The second kappa shape index (κ2) is 15.0. The van der Waals surface area contributed by atoms with Gasteiger partial charge in [0.15, 0.2) is 35.7 Å². The third kappa shape index (κ3) is 5.92. The van der Waals surface area contributed by atoms with E-state index < -0.39 is 125 Å². The zero-order valence-electron chi connectivity index (χ0n) is 38.2. The fourth-order valence-corrected chi connectivity index (χ4v) is 12.0. The number of carbonyl (C=O) groups is 3. The number of phenolic OH excluding ortho intramolecular Hbond substituents is 1. The Morgan fingerprint density at radius 2 is 1.67 bits per heavy atom. The molecule has 10 rings (SSSR count). The molecule has 3 spiro atoms. The van der Waals surface area contributed by atoms with Crippen LogP contribution in [0, 0.1) is 13.8 Å². The number of methoxy groups -OCH3 is 3. The van der Waals surface area contributed by atoms with Crippen molar-refractivity contribution < 1.29 is 101 Å². The van der Waals surface area contributed by atoms with Gasteiger partial charge in [0.2, 0.25) is 11.9 Å². The van der Waals surface area contributed by atoms with Crippen molar-refractivity contribution in [2.24, 2.45) is 0 Å². The highest BCUT2D eigenvalue weighted by molar-refractivity contribution is 6.13. The molecule has 66 heavy (non-hydrogen) atoms. The number of ether oxygens (including phenoxy) is 14. The Morgan fingerprint density at radius 1 is 0.955 bits per heavy atom. The van der Waals surface area contributed by atoms with Crippen molar-refractivity contribution in [3.63, 3.8) is 0 Å². The van der Waals surface area contributed by atoms with Gasteiger partial charge in [0.25, 0.3) is 11.6 Å². The Kier molecular flexibility index (Phi) is 10.4. The zero-order valence-corrected chi connectivity index (χ0v) is 38.2. The number of hydrogen-bond acceptors (Lipinski definition) is 21. The normalized spacial score (nSPS) is 44.1. The van der Waals surface area contributed by atoms with Gasteiger partial charge < -0.3 is 86.7 Å². The van der Waals surface area contributed by atoms with Gasteiger partial charge in [-0.2, -0.15) is 0 Å². The molecule has 2 aromatic rings. The number of ketones is 1. The molecular weight excluding hydrogens is 876 g/mol. The van der Waals surface area contributed by atoms with Crippen molar-refractivity contribution in [2.45, 2.75) is 176 Å². The van der Waals surface area contributed by atoms with Gasteiger partial charge >= 0.3 is 12.1 Å². The highest BCUT2D eigenvalue weighted by Crippen LogP contribution is 2.79. The maximum Gasteiger partial charge on any atom is 0.509 e. The average Bonchev–Trinajstić information content (AvgIpc) is 4.10. The van der Waals surface area contributed by atoms with Gasteiger partial charge in [-0.25, -0.2) is 4.79 Å². The number of carbonyl (C=O) groups excluding carboxylic acids is 3. The topological polar surface area (TPSA) is 268 Å². The molecule has 10 unspecified atom stereocenters. The van der Waals surface area contributed by atoms with Gasteiger partial charge in [-0.1, -0.05) is 0 Å². The van der Waals surface area contributed by atoms with E-state index in [4.69, 9.17) is 66.3 Å². The minimum atomic E-state index is -1.98. The summed E-state index contributed by atoms with van der Waals surface area (Å²) in [6, 6.07) is 1.76. The Hall–Kier alpha value is -3.97. The van der Waals surface area contributed by atoms with Crippen molar-refractivity contribution in [1.82, 2.24) is 0 Å². The fourth-order valence-electron chi connectivity index (χ4n) is 12.0. The number of aromatic hydroxyl groups is 1. The Morgan fingerprint density at radius 3 is 2.26 bits per heavy atom. The van der Waals surface area contributed by atoms with Crippen molar-refractivity contribution in [2.75, 3.05) is 27.9 Å². The highest BCUT2D eigenvalue weighted by Gasteiger charge is 3.03. The van der Waals surface area contributed by atoms with E-state index in [0.29, 0.717) is 16.5 Å². The fraction of sp³-hybridized carbons (Fsp3) is 0.711.